The van der Waals surface area contributed by atoms with Gasteiger partial charge in [0.1, 0.15) is 11.3 Å². The lowest BCUT2D eigenvalue weighted by atomic mass is 10.1. The van der Waals surface area contributed by atoms with Gasteiger partial charge in [-0.1, -0.05) is 35.1 Å². The van der Waals surface area contributed by atoms with Crippen LogP contribution >= 0.6 is 11.3 Å². The average Bonchev–Trinajstić information content (AvgIpc) is 3.08. The van der Waals surface area contributed by atoms with E-state index in [1.807, 2.05) is 42.2 Å². The number of fused-ring (bicyclic) bond motifs is 1. The largest absolute Gasteiger partial charge is 0.345 e. The van der Waals surface area contributed by atoms with Gasteiger partial charge >= 0.3 is 0 Å². The van der Waals surface area contributed by atoms with Crippen LogP contribution in [0.1, 0.15) is 15.9 Å². The lowest BCUT2D eigenvalue weighted by molar-refractivity contribution is 0.0747. The fourth-order valence-corrected chi connectivity index (χ4v) is 4.05. The fourth-order valence-electron chi connectivity index (χ4n) is 3.02. The molecule has 128 valence electrons. The van der Waals surface area contributed by atoms with Crippen LogP contribution in [-0.4, -0.2) is 42.0 Å². The Balaban J connectivity index is 1.46. The summed E-state index contributed by atoms with van der Waals surface area (Å²) < 4.78 is 14.7. The molecule has 0 saturated carbocycles. The summed E-state index contributed by atoms with van der Waals surface area (Å²) >= 11 is 1.50. The average molecular weight is 355 g/mol. The van der Waals surface area contributed by atoms with E-state index >= 15 is 0 Å². The van der Waals surface area contributed by atoms with Gasteiger partial charge in [0.05, 0.1) is 4.70 Å². The molecule has 0 spiro atoms. The molecule has 1 aromatic heterocycles. The van der Waals surface area contributed by atoms with Crippen LogP contribution in [0.3, 0.4) is 0 Å². The van der Waals surface area contributed by atoms with Gasteiger partial charge in [0.2, 0.25) is 0 Å². The summed E-state index contributed by atoms with van der Waals surface area (Å²) in [5.74, 6) is -0.219. The topological polar surface area (TPSA) is 36.4 Å². The van der Waals surface area contributed by atoms with E-state index in [2.05, 4.69) is 9.88 Å². The van der Waals surface area contributed by atoms with Crippen molar-refractivity contribution in [1.29, 1.82) is 0 Å². The summed E-state index contributed by atoms with van der Waals surface area (Å²) in [6.07, 6.45) is 0. The molecule has 2 heterocycles. The summed E-state index contributed by atoms with van der Waals surface area (Å²) in [5.41, 5.74) is 2.30. The number of nitrogens with zero attached hydrogens (tertiary/aromatic N) is 3. The summed E-state index contributed by atoms with van der Waals surface area (Å²) in [4.78, 5) is 21.0. The van der Waals surface area contributed by atoms with Crippen molar-refractivity contribution >= 4 is 32.6 Å². The van der Waals surface area contributed by atoms with Gasteiger partial charge in [-0.2, -0.15) is 0 Å². The number of piperazine rings is 1. The number of amides is 1. The molecule has 0 aliphatic carbocycles. The van der Waals surface area contributed by atoms with Gasteiger partial charge in [0.15, 0.2) is 5.13 Å². The molecule has 0 N–H and O–H groups in total. The van der Waals surface area contributed by atoms with Crippen LogP contribution in [0.4, 0.5) is 9.52 Å². The molecule has 2 aromatic carbocycles. The van der Waals surface area contributed by atoms with Crippen LogP contribution in [0.15, 0.2) is 42.5 Å². The normalized spacial score (nSPS) is 15.0. The second kappa shape index (κ2) is 6.44. The number of hydrogen-bond acceptors (Lipinski definition) is 4. The number of thiazole rings is 1. The Morgan fingerprint density at radius 2 is 1.80 bits per heavy atom. The van der Waals surface area contributed by atoms with Crippen molar-refractivity contribution in [1.82, 2.24) is 9.88 Å². The molecule has 0 atom stereocenters. The molecule has 1 fully saturated rings. The molecule has 3 aromatic rings. The zero-order valence-corrected chi connectivity index (χ0v) is 14.7. The molecule has 0 unspecified atom stereocenters. The Hall–Kier alpha value is -2.47. The van der Waals surface area contributed by atoms with Gasteiger partial charge in [-0.3, -0.25) is 4.79 Å². The maximum absolute atomic E-state index is 13.8. The minimum Gasteiger partial charge on any atom is -0.345 e. The van der Waals surface area contributed by atoms with E-state index in [4.69, 9.17) is 0 Å². The van der Waals surface area contributed by atoms with E-state index in [9.17, 15) is 9.18 Å². The molecule has 25 heavy (non-hydrogen) atoms. The smallest absolute Gasteiger partial charge is 0.253 e. The van der Waals surface area contributed by atoms with Crippen molar-refractivity contribution < 1.29 is 9.18 Å². The molecule has 0 radical (unpaired) electrons. The third-order valence-corrected chi connectivity index (χ3v) is 5.58. The first-order valence-corrected chi connectivity index (χ1v) is 9.09. The number of para-hydroxylation sites is 1. The van der Waals surface area contributed by atoms with Crippen LogP contribution in [0.25, 0.3) is 10.2 Å². The lowest BCUT2D eigenvalue weighted by Gasteiger charge is -2.34. The maximum Gasteiger partial charge on any atom is 0.253 e. The van der Waals surface area contributed by atoms with Gasteiger partial charge in [-0.05, 0) is 31.2 Å². The summed E-state index contributed by atoms with van der Waals surface area (Å²) in [7, 11) is 0. The Kier molecular flexibility index (Phi) is 4.13. The van der Waals surface area contributed by atoms with Crippen molar-refractivity contribution in [2.24, 2.45) is 0 Å². The van der Waals surface area contributed by atoms with E-state index in [1.165, 1.54) is 17.4 Å². The van der Waals surface area contributed by atoms with Gasteiger partial charge in [-0.25, -0.2) is 9.37 Å². The molecule has 1 amide bonds. The molecule has 0 bridgehead atoms. The lowest BCUT2D eigenvalue weighted by Crippen LogP contribution is -2.48. The molecule has 4 nitrogen and oxygen atoms in total. The number of aromatic nitrogens is 1. The third kappa shape index (κ3) is 3.09. The zero-order chi connectivity index (χ0) is 17.4. The zero-order valence-electron chi connectivity index (χ0n) is 13.9. The quantitative estimate of drug-likeness (QED) is 0.703. The number of anilines is 1. The minimum atomic E-state index is -0.284. The van der Waals surface area contributed by atoms with E-state index < -0.39 is 0 Å². The first-order valence-electron chi connectivity index (χ1n) is 8.28. The molecule has 4 rings (SSSR count). The van der Waals surface area contributed by atoms with E-state index in [-0.39, 0.29) is 11.7 Å². The fraction of sp³-hybridized carbons (Fsp3) is 0.263. The number of hydrogen-bond donors (Lipinski definition) is 0. The van der Waals surface area contributed by atoms with E-state index in [1.54, 1.807) is 6.07 Å². The Bertz CT molecular complexity index is 914. The van der Waals surface area contributed by atoms with Crippen molar-refractivity contribution in [3.63, 3.8) is 0 Å². The van der Waals surface area contributed by atoms with Crippen LogP contribution in [0.5, 0.6) is 0 Å². The maximum atomic E-state index is 13.8. The highest BCUT2D eigenvalue weighted by Gasteiger charge is 2.24. The predicted octanol–water partition coefficient (Wildman–Crippen LogP) is 3.71. The van der Waals surface area contributed by atoms with E-state index in [0.29, 0.717) is 31.7 Å². The summed E-state index contributed by atoms with van der Waals surface area (Å²) in [6, 6.07) is 12.7. The van der Waals surface area contributed by atoms with E-state index in [0.717, 1.165) is 21.0 Å². The second-order valence-corrected chi connectivity index (χ2v) is 7.24. The van der Waals surface area contributed by atoms with Crippen molar-refractivity contribution in [2.45, 2.75) is 6.92 Å². The first kappa shape index (κ1) is 16.0. The predicted molar refractivity (Wildman–Crippen MR) is 98.9 cm³/mol. The van der Waals surface area contributed by atoms with Crippen molar-refractivity contribution in [3.8, 4) is 0 Å². The number of carbonyl (C=O) groups excluding carboxylic acids is 1. The van der Waals surface area contributed by atoms with Crippen molar-refractivity contribution in [2.75, 3.05) is 31.1 Å². The monoisotopic (exact) mass is 355 g/mol. The van der Waals surface area contributed by atoms with Gasteiger partial charge in [-0.15, -0.1) is 0 Å². The third-order valence-electron chi connectivity index (χ3n) is 4.49. The highest BCUT2D eigenvalue weighted by molar-refractivity contribution is 7.22. The van der Waals surface area contributed by atoms with Crippen LogP contribution in [0, 0.1) is 12.7 Å². The first-order chi connectivity index (χ1) is 12.1. The van der Waals surface area contributed by atoms with Crippen LogP contribution < -0.4 is 4.90 Å². The molecular formula is C19H18FN3OS. The Labute approximate surface area is 149 Å². The highest BCUT2D eigenvalue weighted by Crippen LogP contribution is 2.30. The number of aryl methyl sites for hydroxylation is 1. The number of rotatable bonds is 2. The Morgan fingerprint density at radius 3 is 2.48 bits per heavy atom. The summed E-state index contributed by atoms with van der Waals surface area (Å²) in [5, 5.41) is 0.822. The standard InChI is InChI=1S/C19H18FN3OS/c1-13-5-7-14(8-6-13)18(24)22-9-11-23(12-10-22)19-21-17-15(20)3-2-4-16(17)25-19/h2-8H,9-12H2,1H3. The number of halogens is 1. The SMILES string of the molecule is Cc1ccc(C(=O)N2CCN(c3nc4c(F)cccc4s3)CC2)cc1. The number of benzene rings is 2. The number of carbonyl (C=O) groups is 1. The van der Waals surface area contributed by atoms with Crippen LogP contribution in [-0.2, 0) is 0 Å². The summed E-state index contributed by atoms with van der Waals surface area (Å²) in [6.45, 7) is 4.71. The molecule has 1 aliphatic heterocycles. The molecular weight excluding hydrogens is 337 g/mol. The molecule has 1 saturated heterocycles. The van der Waals surface area contributed by atoms with Gasteiger partial charge in [0.25, 0.3) is 5.91 Å². The minimum absolute atomic E-state index is 0.0648. The van der Waals surface area contributed by atoms with Crippen LogP contribution in [0.2, 0.25) is 0 Å². The van der Waals surface area contributed by atoms with Gasteiger partial charge in [0, 0.05) is 31.7 Å². The second-order valence-electron chi connectivity index (χ2n) is 6.23. The van der Waals surface area contributed by atoms with Gasteiger partial charge < -0.3 is 9.80 Å². The Morgan fingerprint density at radius 1 is 1.08 bits per heavy atom. The molecule has 1 aliphatic rings. The molecule has 6 heteroatoms. The highest BCUT2D eigenvalue weighted by atomic mass is 32.1. The van der Waals surface area contributed by atoms with Crippen molar-refractivity contribution in [3.05, 3.63) is 59.4 Å².